The van der Waals surface area contributed by atoms with Crippen LogP contribution < -0.4 is 9.64 Å². The lowest BCUT2D eigenvalue weighted by Gasteiger charge is -2.47. The number of allylic oxidation sites excluding steroid dienone is 1. The average molecular weight is 332 g/mol. The summed E-state index contributed by atoms with van der Waals surface area (Å²) in [4.78, 5) is 27.5. The molecule has 7 nitrogen and oxygen atoms in total. The number of methoxy groups -OCH3 is 2. The van der Waals surface area contributed by atoms with Gasteiger partial charge in [0.05, 0.1) is 13.2 Å². The molecule has 0 bridgehead atoms. The fraction of sp³-hybridized carbons (Fsp3) is 0.412. The molecular weight excluding hydrogens is 312 g/mol. The summed E-state index contributed by atoms with van der Waals surface area (Å²) in [6, 6.07) is 6.96. The number of carbonyl (C=O) groups excluding carboxylic acids is 2. The number of hydrogen-bond donors (Lipinski definition) is 0. The Morgan fingerprint density at radius 3 is 2.50 bits per heavy atom. The third-order valence-corrected chi connectivity index (χ3v) is 4.28. The molecule has 3 rings (SSSR count). The zero-order valence-corrected chi connectivity index (χ0v) is 13.9. The lowest BCUT2D eigenvalue weighted by molar-refractivity contribution is -0.140. The van der Waals surface area contributed by atoms with E-state index in [2.05, 4.69) is 0 Å². The second-order valence-corrected chi connectivity index (χ2v) is 5.72. The topological polar surface area (TPSA) is 68.3 Å². The van der Waals surface area contributed by atoms with Gasteiger partial charge in [-0.1, -0.05) is 0 Å². The number of hydrogen-bond acceptors (Lipinski definition) is 5. The Hall–Kier alpha value is -2.54. The van der Waals surface area contributed by atoms with E-state index in [1.807, 2.05) is 18.2 Å². The van der Waals surface area contributed by atoms with Gasteiger partial charge in [0, 0.05) is 25.9 Å². The van der Waals surface area contributed by atoms with Crippen molar-refractivity contribution < 1.29 is 23.8 Å². The van der Waals surface area contributed by atoms with Crippen molar-refractivity contribution in [3.05, 3.63) is 36.1 Å². The van der Waals surface area contributed by atoms with Crippen molar-refractivity contribution in [1.82, 2.24) is 4.90 Å². The van der Waals surface area contributed by atoms with Gasteiger partial charge < -0.3 is 24.0 Å². The number of benzene rings is 1. The second kappa shape index (κ2) is 6.52. The summed E-state index contributed by atoms with van der Waals surface area (Å²) < 4.78 is 15.6. The van der Waals surface area contributed by atoms with Crippen LogP contribution in [0.4, 0.5) is 10.5 Å². The van der Waals surface area contributed by atoms with Gasteiger partial charge in [-0.05, 0) is 37.3 Å². The first-order chi connectivity index (χ1) is 11.5. The molecule has 7 heteroatoms. The number of nitrogens with zero attached hydrogens (tertiary/aromatic N) is 2. The molecule has 0 unspecified atom stereocenters. The monoisotopic (exact) mass is 332 g/mol. The Balaban J connectivity index is 1.78. The molecule has 1 saturated heterocycles. The van der Waals surface area contributed by atoms with E-state index in [4.69, 9.17) is 14.2 Å². The van der Waals surface area contributed by atoms with Gasteiger partial charge in [-0.25, -0.2) is 4.79 Å². The molecule has 1 fully saturated rings. The third-order valence-electron chi connectivity index (χ3n) is 4.28. The molecule has 2 heterocycles. The van der Waals surface area contributed by atoms with Crippen LogP contribution in [0, 0.1) is 0 Å². The van der Waals surface area contributed by atoms with Gasteiger partial charge in [-0.2, -0.15) is 0 Å². The maximum Gasteiger partial charge on any atom is 0.415 e. The first kappa shape index (κ1) is 16.3. The van der Waals surface area contributed by atoms with Crippen LogP contribution in [0.15, 0.2) is 36.1 Å². The van der Waals surface area contributed by atoms with Crippen molar-refractivity contribution in [1.29, 1.82) is 0 Å². The molecule has 0 aromatic heterocycles. The van der Waals surface area contributed by atoms with Crippen molar-refractivity contribution in [3.63, 3.8) is 0 Å². The van der Waals surface area contributed by atoms with Crippen molar-refractivity contribution in [2.75, 3.05) is 32.2 Å². The quantitative estimate of drug-likeness (QED) is 0.769. The van der Waals surface area contributed by atoms with Crippen LogP contribution in [0.3, 0.4) is 0 Å². The number of carbonyl (C=O) groups is 2. The summed E-state index contributed by atoms with van der Waals surface area (Å²) >= 11 is 0. The van der Waals surface area contributed by atoms with E-state index in [-0.39, 0.29) is 11.9 Å². The minimum absolute atomic E-state index is 0.121. The molecule has 1 aromatic rings. The summed E-state index contributed by atoms with van der Waals surface area (Å²) in [5, 5.41) is 0. The van der Waals surface area contributed by atoms with E-state index < -0.39 is 12.2 Å². The average Bonchev–Trinajstić information content (AvgIpc) is 2.57. The zero-order chi connectivity index (χ0) is 17.3. The predicted molar refractivity (Wildman–Crippen MR) is 86.9 cm³/mol. The molecule has 2 amide bonds. The number of anilines is 1. The maximum absolute atomic E-state index is 12.4. The van der Waals surface area contributed by atoms with Crippen LogP contribution in [0.5, 0.6) is 5.75 Å². The minimum Gasteiger partial charge on any atom is -0.497 e. The van der Waals surface area contributed by atoms with Gasteiger partial charge in [0.15, 0.2) is 6.10 Å². The van der Waals surface area contributed by atoms with E-state index in [0.29, 0.717) is 24.6 Å². The summed E-state index contributed by atoms with van der Waals surface area (Å²) in [6.45, 7) is 2.55. The van der Waals surface area contributed by atoms with Crippen LogP contribution >= 0.6 is 0 Å². The standard InChI is InChI=1S/C17H20N2O5/c1-11-8-9-18(17(21)24-11)10-14-15(23-3)16(20)19(14)12-4-6-13(22-2)7-5-12/h4-8,14-15H,9-10H2,1-3H3/t14-,15+/m0/s1. The molecule has 24 heavy (non-hydrogen) atoms. The normalized spacial score (nSPS) is 23.5. The Kier molecular flexibility index (Phi) is 4.44. The van der Waals surface area contributed by atoms with Gasteiger partial charge in [0.25, 0.3) is 5.91 Å². The van der Waals surface area contributed by atoms with E-state index in [9.17, 15) is 9.59 Å². The molecule has 0 saturated carbocycles. The van der Waals surface area contributed by atoms with Crippen molar-refractivity contribution >= 4 is 17.7 Å². The highest BCUT2D eigenvalue weighted by atomic mass is 16.6. The third kappa shape index (κ3) is 2.82. The fourth-order valence-electron chi connectivity index (χ4n) is 2.95. The molecule has 128 valence electrons. The van der Waals surface area contributed by atoms with E-state index in [0.717, 1.165) is 5.69 Å². The molecule has 0 spiro atoms. The van der Waals surface area contributed by atoms with Crippen LogP contribution in [0.25, 0.3) is 0 Å². The van der Waals surface area contributed by atoms with Gasteiger partial charge in [0.2, 0.25) is 0 Å². The number of β-lactam (4-membered cyclic amide) rings is 1. The van der Waals surface area contributed by atoms with Crippen molar-refractivity contribution in [3.8, 4) is 5.75 Å². The van der Waals surface area contributed by atoms with E-state index in [1.165, 1.54) is 7.11 Å². The van der Waals surface area contributed by atoms with Gasteiger partial charge >= 0.3 is 6.09 Å². The molecule has 2 atom stereocenters. The Morgan fingerprint density at radius 1 is 1.21 bits per heavy atom. The Morgan fingerprint density at radius 2 is 1.92 bits per heavy atom. The lowest BCUT2D eigenvalue weighted by Crippen LogP contribution is -2.69. The molecule has 0 aliphatic carbocycles. The Labute approximate surface area is 140 Å². The highest BCUT2D eigenvalue weighted by Crippen LogP contribution is 2.32. The highest BCUT2D eigenvalue weighted by Gasteiger charge is 2.49. The van der Waals surface area contributed by atoms with Crippen LogP contribution in [0.2, 0.25) is 0 Å². The molecule has 2 aliphatic rings. The summed E-state index contributed by atoms with van der Waals surface area (Å²) in [7, 11) is 3.09. The number of cyclic esters (lactones) is 1. The largest absolute Gasteiger partial charge is 0.497 e. The molecule has 1 aromatic carbocycles. The number of ether oxygens (including phenoxy) is 3. The lowest BCUT2D eigenvalue weighted by atomic mass is 9.95. The molecular formula is C17H20N2O5. The summed E-state index contributed by atoms with van der Waals surface area (Å²) in [6.07, 6.45) is 0.868. The second-order valence-electron chi connectivity index (χ2n) is 5.72. The van der Waals surface area contributed by atoms with Gasteiger partial charge in [0.1, 0.15) is 11.5 Å². The zero-order valence-electron chi connectivity index (χ0n) is 13.9. The number of amides is 2. The van der Waals surface area contributed by atoms with Crippen LogP contribution in [0.1, 0.15) is 6.92 Å². The van der Waals surface area contributed by atoms with Crippen LogP contribution in [-0.2, 0) is 14.3 Å². The minimum atomic E-state index is -0.563. The smallest absolute Gasteiger partial charge is 0.415 e. The van der Waals surface area contributed by atoms with E-state index >= 15 is 0 Å². The van der Waals surface area contributed by atoms with Gasteiger partial charge in [-0.15, -0.1) is 0 Å². The van der Waals surface area contributed by atoms with E-state index in [1.54, 1.807) is 36.0 Å². The van der Waals surface area contributed by atoms with Crippen LogP contribution in [-0.4, -0.2) is 56.4 Å². The summed E-state index contributed by atoms with van der Waals surface area (Å²) in [5.74, 6) is 1.19. The number of rotatable bonds is 5. The molecule has 0 N–H and O–H groups in total. The molecule has 2 aliphatic heterocycles. The van der Waals surface area contributed by atoms with Crippen molar-refractivity contribution in [2.45, 2.75) is 19.1 Å². The highest BCUT2D eigenvalue weighted by molar-refractivity contribution is 6.05. The van der Waals surface area contributed by atoms with Gasteiger partial charge in [-0.3, -0.25) is 4.79 Å². The first-order valence-electron chi connectivity index (χ1n) is 7.68. The molecule has 0 radical (unpaired) electrons. The maximum atomic E-state index is 12.4. The van der Waals surface area contributed by atoms with Crippen molar-refractivity contribution in [2.24, 2.45) is 0 Å². The fourth-order valence-corrected chi connectivity index (χ4v) is 2.95. The first-order valence-corrected chi connectivity index (χ1v) is 7.68. The Bertz CT molecular complexity index is 670. The summed E-state index contributed by atoms with van der Waals surface area (Å²) in [5.41, 5.74) is 0.746. The SMILES string of the molecule is COc1ccc(N2C(=O)[C@H](OC)[C@@H]2CN2CC=C(C)OC2=O)cc1. The predicted octanol–water partition coefficient (Wildman–Crippen LogP) is 1.78.